The maximum absolute atomic E-state index is 12.8. The highest BCUT2D eigenvalue weighted by Crippen LogP contribution is 2.20. The summed E-state index contributed by atoms with van der Waals surface area (Å²) in [4.78, 5) is 0. The van der Waals surface area contributed by atoms with Crippen molar-refractivity contribution in [1.29, 1.82) is 0 Å². The lowest BCUT2D eigenvalue weighted by atomic mass is 10.1. The zero-order chi connectivity index (χ0) is 12.4. The van der Waals surface area contributed by atoms with Gasteiger partial charge in [-0.3, -0.25) is 4.57 Å². The first-order valence-corrected chi connectivity index (χ1v) is 5.77. The van der Waals surface area contributed by atoms with Gasteiger partial charge in [-0.1, -0.05) is 12.1 Å². The molecule has 0 aliphatic carbocycles. The van der Waals surface area contributed by atoms with Crippen LogP contribution in [0.3, 0.4) is 0 Å². The highest BCUT2D eigenvalue weighted by atomic mass is 35.5. The Labute approximate surface area is 104 Å². The van der Waals surface area contributed by atoms with Crippen LogP contribution < -0.4 is 0 Å². The lowest BCUT2D eigenvalue weighted by molar-refractivity contribution is 0.530. The summed E-state index contributed by atoms with van der Waals surface area (Å²) in [6.07, 6.45) is 0.763. The third-order valence-corrected chi connectivity index (χ3v) is 2.97. The standard InChI is InChI=1S/C12H13ClFN3/c1-8(17-9(2)15-16-12(17)13)7-10-3-5-11(14)6-4-10/h3-6,8H,7H2,1-2H3. The third-order valence-electron chi connectivity index (χ3n) is 2.71. The van der Waals surface area contributed by atoms with Gasteiger partial charge in [-0.15, -0.1) is 10.2 Å². The molecule has 90 valence electrons. The Balaban J connectivity index is 2.17. The molecule has 0 amide bonds. The molecule has 0 fully saturated rings. The van der Waals surface area contributed by atoms with Crippen molar-refractivity contribution < 1.29 is 4.39 Å². The molecule has 1 aromatic heterocycles. The van der Waals surface area contributed by atoms with E-state index < -0.39 is 0 Å². The van der Waals surface area contributed by atoms with E-state index in [0.717, 1.165) is 17.8 Å². The van der Waals surface area contributed by atoms with Crippen LogP contribution in [-0.4, -0.2) is 14.8 Å². The second-order valence-corrected chi connectivity index (χ2v) is 4.40. The number of aryl methyl sites for hydroxylation is 1. The summed E-state index contributed by atoms with van der Waals surface area (Å²) in [5, 5.41) is 8.11. The molecule has 0 bridgehead atoms. The van der Waals surface area contributed by atoms with Gasteiger partial charge in [-0.25, -0.2) is 4.39 Å². The molecule has 0 saturated carbocycles. The summed E-state index contributed by atoms with van der Waals surface area (Å²) in [5.41, 5.74) is 1.06. The van der Waals surface area contributed by atoms with Gasteiger partial charge in [-0.05, 0) is 49.6 Å². The predicted molar refractivity (Wildman–Crippen MR) is 64.6 cm³/mol. The summed E-state index contributed by atoms with van der Waals surface area (Å²) in [6.45, 7) is 3.89. The molecular formula is C12H13ClFN3. The van der Waals surface area contributed by atoms with E-state index in [4.69, 9.17) is 11.6 Å². The number of hydrogen-bond acceptors (Lipinski definition) is 2. The fraction of sp³-hybridized carbons (Fsp3) is 0.333. The van der Waals surface area contributed by atoms with E-state index in [9.17, 15) is 4.39 Å². The van der Waals surface area contributed by atoms with Crippen LogP contribution in [0.2, 0.25) is 5.28 Å². The highest BCUT2D eigenvalue weighted by Gasteiger charge is 2.13. The van der Waals surface area contributed by atoms with Crippen LogP contribution in [0.25, 0.3) is 0 Å². The normalized spacial score (nSPS) is 12.7. The van der Waals surface area contributed by atoms with Gasteiger partial charge < -0.3 is 0 Å². The lowest BCUT2D eigenvalue weighted by Gasteiger charge is -2.15. The Kier molecular flexibility index (Phi) is 3.43. The summed E-state index contributed by atoms with van der Waals surface area (Å²) in [5.74, 6) is 0.560. The zero-order valence-corrected chi connectivity index (χ0v) is 10.4. The van der Waals surface area contributed by atoms with Gasteiger partial charge in [0.1, 0.15) is 11.6 Å². The van der Waals surface area contributed by atoms with E-state index in [2.05, 4.69) is 10.2 Å². The lowest BCUT2D eigenvalue weighted by Crippen LogP contribution is -2.10. The third kappa shape index (κ3) is 2.64. The predicted octanol–water partition coefficient (Wildman–Crippen LogP) is 3.18. The number of hydrogen-bond donors (Lipinski definition) is 0. The number of aromatic nitrogens is 3. The minimum atomic E-state index is -0.222. The second-order valence-electron chi connectivity index (χ2n) is 4.07. The minimum Gasteiger partial charge on any atom is -0.299 e. The molecule has 5 heteroatoms. The van der Waals surface area contributed by atoms with Crippen molar-refractivity contribution in [2.75, 3.05) is 0 Å². The van der Waals surface area contributed by atoms with E-state index in [1.165, 1.54) is 12.1 Å². The summed E-state index contributed by atoms with van der Waals surface area (Å²) in [6, 6.07) is 6.62. The van der Waals surface area contributed by atoms with Crippen molar-refractivity contribution in [1.82, 2.24) is 14.8 Å². The first kappa shape index (κ1) is 12.0. The molecule has 1 unspecified atom stereocenters. The van der Waals surface area contributed by atoms with Crippen molar-refractivity contribution in [3.63, 3.8) is 0 Å². The highest BCUT2D eigenvalue weighted by molar-refractivity contribution is 6.28. The fourth-order valence-corrected chi connectivity index (χ4v) is 2.22. The largest absolute Gasteiger partial charge is 0.299 e. The molecule has 0 N–H and O–H groups in total. The van der Waals surface area contributed by atoms with E-state index in [-0.39, 0.29) is 11.9 Å². The fourth-order valence-electron chi connectivity index (χ4n) is 1.90. The average Bonchev–Trinajstić information content (AvgIpc) is 2.62. The molecule has 0 aliphatic heterocycles. The summed E-state index contributed by atoms with van der Waals surface area (Å²) in [7, 11) is 0. The van der Waals surface area contributed by atoms with Gasteiger partial charge in [0.15, 0.2) is 0 Å². The molecular weight excluding hydrogens is 241 g/mol. The van der Waals surface area contributed by atoms with Gasteiger partial charge in [-0.2, -0.15) is 0 Å². The topological polar surface area (TPSA) is 30.7 Å². The van der Waals surface area contributed by atoms with E-state index in [1.807, 2.05) is 18.4 Å². The molecule has 1 aromatic carbocycles. The molecule has 17 heavy (non-hydrogen) atoms. The van der Waals surface area contributed by atoms with Gasteiger partial charge >= 0.3 is 0 Å². The van der Waals surface area contributed by atoms with Crippen LogP contribution in [0.15, 0.2) is 24.3 Å². The number of nitrogens with zero attached hydrogens (tertiary/aromatic N) is 3. The van der Waals surface area contributed by atoms with Crippen LogP contribution >= 0.6 is 11.6 Å². The molecule has 0 aliphatic rings. The second kappa shape index (κ2) is 4.84. The van der Waals surface area contributed by atoms with Gasteiger partial charge in [0.05, 0.1) is 0 Å². The van der Waals surface area contributed by atoms with Crippen molar-refractivity contribution in [3.8, 4) is 0 Å². The number of halogens is 2. The monoisotopic (exact) mass is 253 g/mol. The Morgan fingerprint density at radius 3 is 2.47 bits per heavy atom. The van der Waals surface area contributed by atoms with Crippen LogP contribution in [0.4, 0.5) is 4.39 Å². The summed E-state index contributed by atoms with van der Waals surface area (Å²) >= 11 is 5.96. The van der Waals surface area contributed by atoms with Gasteiger partial charge in [0.25, 0.3) is 0 Å². The molecule has 2 rings (SSSR count). The Morgan fingerprint density at radius 1 is 1.29 bits per heavy atom. The van der Waals surface area contributed by atoms with Gasteiger partial charge in [0, 0.05) is 6.04 Å². The van der Waals surface area contributed by atoms with Crippen LogP contribution in [0.5, 0.6) is 0 Å². The maximum Gasteiger partial charge on any atom is 0.225 e. The van der Waals surface area contributed by atoms with Crippen molar-refractivity contribution >= 4 is 11.6 Å². The average molecular weight is 254 g/mol. The van der Waals surface area contributed by atoms with Crippen molar-refractivity contribution in [3.05, 3.63) is 46.8 Å². The Bertz CT molecular complexity index is 487. The number of rotatable bonds is 3. The number of benzene rings is 1. The zero-order valence-electron chi connectivity index (χ0n) is 9.69. The van der Waals surface area contributed by atoms with Crippen LogP contribution in [0, 0.1) is 12.7 Å². The molecule has 0 spiro atoms. The Hall–Kier alpha value is -1.42. The molecule has 2 aromatic rings. The van der Waals surface area contributed by atoms with Gasteiger partial charge in [0.2, 0.25) is 5.28 Å². The first-order valence-electron chi connectivity index (χ1n) is 5.39. The molecule has 1 heterocycles. The minimum absolute atomic E-state index is 0.142. The van der Waals surface area contributed by atoms with Crippen molar-refractivity contribution in [2.45, 2.75) is 26.3 Å². The quantitative estimate of drug-likeness (QED) is 0.841. The van der Waals surface area contributed by atoms with Crippen LogP contribution in [-0.2, 0) is 6.42 Å². The first-order chi connectivity index (χ1) is 8.08. The smallest absolute Gasteiger partial charge is 0.225 e. The summed E-state index contributed by atoms with van der Waals surface area (Å²) < 4.78 is 14.6. The molecule has 0 radical (unpaired) electrons. The Morgan fingerprint density at radius 2 is 1.94 bits per heavy atom. The molecule has 3 nitrogen and oxygen atoms in total. The van der Waals surface area contributed by atoms with E-state index >= 15 is 0 Å². The molecule has 1 atom stereocenters. The molecule has 0 saturated heterocycles. The van der Waals surface area contributed by atoms with Crippen LogP contribution in [0.1, 0.15) is 24.4 Å². The van der Waals surface area contributed by atoms with Crippen molar-refractivity contribution in [2.24, 2.45) is 0 Å². The maximum atomic E-state index is 12.8. The van der Waals surface area contributed by atoms with E-state index in [1.54, 1.807) is 12.1 Å². The van der Waals surface area contributed by atoms with E-state index in [0.29, 0.717) is 5.28 Å². The SMILES string of the molecule is Cc1nnc(Cl)n1C(C)Cc1ccc(F)cc1.